The third kappa shape index (κ3) is 2.40. The fourth-order valence-electron chi connectivity index (χ4n) is 2.59. The molecule has 3 rings (SSSR count). The average molecular weight is 296 g/mol. The van der Waals surface area contributed by atoms with E-state index in [2.05, 4.69) is 4.18 Å². The first-order valence-corrected chi connectivity index (χ1v) is 7.26. The quantitative estimate of drug-likeness (QED) is 0.676. The molecule has 0 radical (unpaired) electrons. The fourth-order valence-corrected chi connectivity index (χ4v) is 3.41. The maximum Gasteiger partial charge on any atom is 0.400 e. The first-order chi connectivity index (χ1) is 8.81. The van der Waals surface area contributed by atoms with Gasteiger partial charge in [0.25, 0.3) is 0 Å². The van der Waals surface area contributed by atoms with Crippen molar-refractivity contribution in [3.05, 3.63) is 0 Å². The molecule has 0 aromatic rings. The van der Waals surface area contributed by atoms with E-state index in [-0.39, 0.29) is 6.61 Å². The van der Waals surface area contributed by atoms with E-state index < -0.39 is 46.9 Å². The normalized spacial score (nSPS) is 47.4. The molecule has 0 bridgehead atoms. The summed E-state index contributed by atoms with van der Waals surface area (Å²) in [4.78, 5) is 0. The van der Waals surface area contributed by atoms with Gasteiger partial charge in [0.15, 0.2) is 12.1 Å². The monoisotopic (exact) mass is 296 g/mol. The van der Waals surface area contributed by atoms with Gasteiger partial charge in [-0.05, 0) is 13.8 Å². The molecular weight excluding hydrogens is 280 g/mol. The van der Waals surface area contributed by atoms with Crippen molar-refractivity contribution >= 4 is 10.4 Å². The predicted octanol–water partition coefficient (Wildman–Crippen LogP) is -0.462. The van der Waals surface area contributed by atoms with Gasteiger partial charge in [0.2, 0.25) is 0 Å². The third-order valence-corrected chi connectivity index (χ3v) is 4.17. The number of methoxy groups -OCH3 is 1. The predicted molar refractivity (Wildman–Crippen MR) is 59.2 cm³/mol. The summed E-state index contributed by atoms with van der Waals surface area (Å²) in [6.07, 6.45) is -2.87. The highest BCUT2D eigenvalue weighted by molar-refractivity contribution is 7.82. The van der Waals surface area contributed by atoms with Crippen molar-refractivity contribution in [3.8, 4) is 0 Å². The van der Waals surface area contributed by atoms with Crippen molar-refractivity contribution in [1.82, 2.24) is 0 Å². The van der Waals surface area contributed by atoms with Crippen molar-refractivity contribution in [1.29, 1.82) is 0 Å². The number of hydrogen-bond acceptors (Lipinski definition) is 8. The van der Waals surface area contributed by atoms with Crippen LogP contribution in [0.4, 0.5) is 0 Å². The first-order valence-electron chi connectivity index (χ1n) is 5.93. The Morgan fingerprint density at radius 1 is 1.16 bits per heavy atom. The molecule has 0 aliphatic carbocycles. The lowest BCUT2D eigenvalue weighted by Gasteiger charge is -2.24. The molecule has 0 amide bonds. The summed E-state index contributed by atoms with van der Waals surface area (Å²) in [6, 6.07) is 0. The molecule has 3 aliphatic heterocycles. The van der Waals surface area contributed by atoms with Gasteiger partial charge < -0.3 is 18.9 Å². The highest BCUT2D eigenvalue weighted by Gasteiger charge is 2.59. The van der Waals surface area contributed by atoms with Gasteiger partial charge in [0.1, 0.15) is 24.4 Å². The Balaban J connectivity index is 1.80. The lowest BCUT2D eigenvalue weighted by atomic mass is 10.1. The number of hydrogen-bond donors (Lipinski definition) is 0. The van der Waals surface area contributed by atoms with E-state index in [9.17, 15) is 8.42 Å². The lowest BCUT2D eigenvalue weighted by molar-refractivity contribution is -0.234. The minimum Gasteiger partial charge on any atom is -0.353 e. The Morgan fingerprint density at radius 3 is 2.42 bits per heavy atom. The van der Waals surface area contributed by atoms with Crippen LogP contribution in [0.1, 0.15) is 13.8 Å². The Kier molecular flexibility index (Phi) is 3.13. The van der Waals surface area contributed by atoms with Gasteiger partial charge in [-0.2, -0.15) is 8.42 Å². The van der Waals surface area contributed by atoms with E-state index in [4.69, 9.17) is 23.1 Å². The van der Waals surface area contributed by atoms with Crippen LogP contribution in [0.5, 0.6) is 0 Å². The van der Waals surface area contributed by atoms with Crippen LogP contribution in [0.15, 0.2) is 0 Å². The summed E-state index contributed by atoms with van der Waals surface area (Å²) in [6.45, 7) is 3.45. The largest absolute Gasteiger partial charge is 0.400 e. The van der Waals surface area contributed by atoms with Crippen LogP contribution in [0, 0.1) is 0 Å². The van der Waals surface area contributed by atoms with Gasteiger partial charge in [-0.25, -0.2) is 8.37 Å². The molecule has 3 saturated heterocycles. The summed E-state index contributed by atoms with van der Waals surface area (Å²) < 4.78 is 54.0. The van der Waals surface area contributed by atoms with E-state index in [0.717, 1.165) is 0 Å². The Morgan fingerprint density at radius 2 is 1.84 bits per heavy atom. The molecule has 110 valence electrons. The SMILES string of the molecule is CO[C@H]1O[C@H](C2COS(=O)(=O)O2)C2OC(C)(C)OC21. The summed E-state index contributed by atoms with van der Waals surface area (Å²) in [5.74, 6) is -0.771. The topological polar surface area (TPSA) is 89.5 Å². The van der Waals surface area contributed by atoms with Crippen molar-refractivity contribution in [2.24, 2.45) is 0 Å². The minimum absolute atomic E-state index is 0.101. The molecule has 8 nitrogen and oxygen atoms in total. The van der Waals surface area contributed by atoms with Crippen molar-refractivity contribution in [2.75, 3.05) is 13.7 Å². The molecular formula is C10H16O8S. The van der Waals surface area contributed by atoms with E-state index in [1.54, 1.807) is 13.8 Å². The van der Waals surface area contributed by atoms with Crippen molar-refractivity contribution < 1.29 is 35.7 Å². The van der Waals surface area contributed by atoms with Crippen LogP contribution >= 0.6 is 0 Å². The summed E-state index contributed by atoms with van der Waals surface area (Å²) in [7, 11) is -2.44. The molecule has 0 N–H and O–H groups in total. The molecule has 0 spiro atoms. The fraction of sp³-hybridized carbons (Fsp3) is 1.00. The van der Waals surface area contributed by atoms with Crippen molar-refractivity contribution in [3.63, 3.8) is 0 Å². The standard InChI is InChI=1S/C10H16O8S/c1-10(2)16-7-6(5-4-14-19(11,12)18-5)15-9(13-3)8(7)17-10/h5-9H,4H2,1-3H3/t5?,6-,7?,8?,9+/m1/s1. The molecule has 3 unspecified atom stereocenters. The first kappa shape index (κ1) is 13.7. The molecule has 0 aromatic heterocycles. The van der Waals surface area contributed by atoms with Crippen LogP contribution in [0.25, 0.3) is 0 Å². The number of rotatable bonds is 2. The second-order valence-corrected chi connectivity index (χ2v) is 6.34. The minimum atomic E-state index is -3.93. The third-order valence-electron chi connectivity index (χ3n) is 3.26. The second-order valence-electron chi connectivity index (χ2n) is 5.10. The molecule has 0 aromatic carbocycles. The van der Waals surface area contributed by atoms with E-state index in [0.29, 0.717) is 0 Å². The van der Waals surface area contributed by atoms with Gasteiger partial charge in [0, 0.05) is 7.11 Å². The highest BCUT2D eigenvalue weighted by Crippen LogP contribution is 2.41. The molecule has 3 aliphatic rings. The summed E-state index contributed by atoms with van der Waals surface area (Å²) >= 11 is 0. The molecule has 9 heteroatoms. The second kappa shape index (κ2) is 4.35. The zero-order chi connectivity index (χ0) is 13.8. The smallest absolute Gasteiger partial charge is 0.353 e. The van der Waals surface area contributed by atoms with Gasteiger partial charge in [-0.1, -0.05) is 0 Å². The van der Waals surface area contributed by atoms with Crippen LogP contribution in [-0.2, 0) is 37.7 Å². The molecule has 0 saturated carbocycles. The van der Waals surface area contributed by atoms with E-state index in [1.165, 1.54) is 7.11 Å². The van der Waals surface area contributed by atoms with Crippen LogP contribution in [0.3, 0.4) is 0 Å². The molecule has 5 atom stereocenters. The van der Waals surface area contributed by atoms with Crippen molar-refractivity contribution in [2.45, 2.75) is 50.3 Å². The van der Waals surface area contributed by atoms with Gasteiger partial charge >= 0.3 is 10.4 Å². The zero-order valence-electron chi connectivity index (χ0n) is 10.8. The maximum absolute atomic E-state index is 11.2. The number of ether oxygens (including phenoxy) is 4. The lowest BCUT2D eigenvalue weighted by Crippen LogP contribution is -2.39. The van der Waals surface area contributed by atoms with Crippen LogP contribution < -0.4 is 0 Å². The van der Waals surface area contributed by atoms with Gasteiger partial charge in [-0.15, -0.1) is 0 Å². The van der Waals surface area contributed by atoms with E-state index >= 15 is 0 Å². The Hall–Kier alpha value is -0.290. The summed E-state index contributed by atoms with van der Waals surface area (Å²) in [5, 5.41) is 0. The molecule has 3 heterocycles. The van der Waals surface area contributed by atoms with Gasteiger partial charge in [-0.3, -0.25) is 0 Å². The average Bonchev–Trinajstić information content (AvgIpc) is 2.89. The Bertz CT molecular complexity index is 460. The number of fused-ring (bicyclic) bond motifs is 1. The molecule has 19 heavy (non-hydrogen) atoms. The summed E-state index contributed by atoms with van der Waals surface area (Å²) in [5.41, 5.74) is 0. The van der Waals surface area contributed by atoms with Crippen LogP contribution in [0.2, 0.25) is 0 Å². The molecule has 3 fully saturated rings. The van der Waals surface area contributed by atoms with Gasteiger partial charge in [0.05, 0.1) is 6.61 Å². The zero-order valence-corrected chi connectivity index (χ0v) is 11.6. The highest BCUT2D eigenvalue weighted by atomic mass is 32.3. The van der Waals surface area contributed by atoms with E-state index in [1.807, 2.05) is 0 Å². The Labute approximate surface area is 111 Å². The van der Waals surface area contributed by atoms with Crippen LogP contribution in [-0.4, -0.2) is 58.6 Å². The maximum atomic E-state index is 11.2.